The highest BCUT2D eigenvalue weighted by Gasteiger charge is 2.25. The molecular weight excluding hydrogens is 250 g/mol. The van der Waals surface area contributed by atoms with Gasteiger partial charge < -0.3 is 10.6 Å². The standard InChI is InChI=1S/C13H12ClN3O/c14-10-3-4-11(12-9(10)2-1-5-16-12)17-13(18)8-6-15-7-8/h1-5,8,15H,6-7H2,(H,17,18). The molecule has 1 saturated heterocycles. The first-order valence-electron chi connectivity index (χ1n) is 5.80. The molecule has 2 N–H and O–H groups in total. The summed E-state index contributed by atoms with van der Waals surface area (Å²) in [6, 6.07) is 7.29. The first kappa shape index (κ1) is 11.4. The van der Waals surface area contributed by atoms with Crippen molar-refractivity contribution in [1.82, 2.24) is 10.3 Å². The van der Waals surface area contributed by atoms with Crippen LogP contribution in [-0.2, 0) is 4.79 Å². The van der Waals surface area contributed by atoms with E-state index in [1.54, 1.807) is 18.3 Å². The zero-order valence-electron chi connectivity index (χ0n) is 9.61. The Hall–Kier alpha value is -1.65. The molecular formula is C13H12ClN3O. The average molecular weight is 262 g/mol. The van der Waals surface area contributed by atoms with E-state index in [9.17, 15) is 4.79 Å². The number of benzene rings is 1. The minimum Gasteiger partial charge on any atom is -0.324 e. The van der Waals surface area contributed by atoms with Crippen molar-refractivity contribution < 1.29 is 4.79 Å². The molecule has 0 unspecified atom stereocenters. The molecule has 1 aliphatic rings. The second kappa shape index (κ2) is 4.55. The Balaban J connectivity index is 1.96. The summed E-state index contributed by atoms with van der Waals surface area (Å²) >= 11 is 6.10. The van der Waals surface area contributed by atoms with Crippen molar-refractivity contribution in [2.45, 2.75) is 0 Å². The molecule has 0 saturated carbocycles. The van der Waals surface area contributed by atoms with Crippen LogP contribution >= 0.6 is 11.6 Å². The van der Waals surface area contributed by atoms with Crippen molar-refractivity contribution >= 4 is 34.1 Å². The van der Waals surface area contributed by atoms with E-state index in [0.29, 0.717) is 10.7 Å². The Morgan fingerprint density at radius 2 is 2.22 bits per heavy atom. The second-order valence-corrected chi connectivity index (χ2v) is 4.75. The van der Waals surface area contributed by atoms with Gasteiger partial charge >= 0.3 is 0 Å². The summed E-state index contributed by atoms with van der Waals surface area (Å²) in [5.74, 6) is 0.0856. The van der Waals surface area contributed by atoms with Gasteiger partial charge in [0, 0.05) is 24.7 Å². The number of hydrogen-bond acceptors (Lipinski definition) is 3. The predicted octanol–water partition coefficient (Wildman–Crippen LogP) is 2.05. The Bertz CT molecular complexity index is 610. The number of nitrogens with one attached hydrogen (secondary N) is 2. The molecule has 5 heteroatoms. The number of fused-ring (bicyclic) bond motifs is 1. The lowest BCUT2D eigenvalue weighted by Crippen LogP contribution is -2.48. The normalized spacial score (nSPS) is 15.4. The van der Waals surface area contributed by atoms with Crippen LogP contribution in [0.5, 0.6) is 0 Å². The van der Waals surface area contributed by atoms with Crippen LogP contribution in [0.1, 0.15) is 0 Å². The average Bonchev–Trinajstić information content (AvgIpc) is 2.31. The van der Waals surface area contributed by atoms with E-state index in [4.69, 9.17) is 11.6 Å². The zero-order valence-corrected chi connectivity index (χ0v) is 10.4. The number of carbonyl (C=O) groups is 1. The van der Waals surface area contributed by atoms with Gasteiger partial charge in [0.1, 0.15) is 0 Å². The van der Waals surface area contributed by atoms with Gasteiger partial charge in [-0.1, -0.05) is 11.6 Å². The number of halogens is 1. The summed E-state index contributed by atoms with van der Waals surface area (Å²) in [5, 5.41) is 7.48. The molecule has 0 bridgehead atoms. The maximum Gasteiger partial charge on any atom is 0.230 e. The molecule has 0 aliphatic carbocycles. The van der Waals surface area contributed by atoms with Gasteiger partial charge in [-0.2, -0.15) is 0 Å². The van der Waals surface area contributed by atoms with E-state index < -0.39 is 0 Å². The smallest absolute Gasteiger partial charge is 0.230 e. The zero-order chi connectivity index (χ0) is 12.5. The largest absolute Gasteiger partial charge is 0.324 e. The first-order valence-corrected chi connectivity index (χ1v) is 6.18. The first-order chi connectivity index (χ1) is 8.75. The summed E-state index contributed by atoms with van der Waals surface area (Å²) < 4.78 is 0. The highest BCUT2D eigenvalue weighted by atomic mass is 35.5. The highest BCUT2D eigenvalue weighted by molar-refractivity contribution is 6.35. The van der Waals surface area contributed by atoms with Gasteiger partial charge in [-0.05, 0) is 24.3 Å². The van der Waals surface area contributed by atoms with E-state index in [-0.39, 0.29) is 11.8 Å². The molecule has 2 aromatic rings. The van der Waals surface area contributed by atoms with E-state index in [1.165, 1.54) is 0 Å². The molecule has 1 aliphatic heterocycles. The summed E-state index contributed by atoms with van der Waals surface area (Å²) in [6.45, 7) is 1.48. The van der Waals surface area contributed by atoms with Gasteiger partial charge in [0.25, 0.3) is 0 Å². The minimum absolute atomic E-state index is 0.0306. The molecule has 0 radical (unpaired) electrons. The van der Waals surface area contributed by atoms with Crippen LogP contribution in [0.2, 0.25) is 5.02 Å². The number of amides is 1. The molecule has 2 heterocycles. The van der Waals surface area contributed by atoms with Crippen LogP contribution in [0.15, 0.2) is 30.5 Å². The maximum atomic E-state index is 11.9. The molecule has 3 rings (SSSR count). The van der Waals surface area contributed by atoms with Crippen molar-refractivity contribution in [3.8, 4) is 0 Å². The molecule has 4 nitrogen and oxygen atoms in total. The lowest BCUT2D eigenvalue weighted by Gasteiger charge is -2.25. The Morgan fingerprint density at radius 1 is 1.39 bits per heavy atom. The van der Waals surface area contributed by atoms with Crippen molar-refractivity contribution in [1.29, 1.82) is 0 Å². The molecule has 1 aromatic heterocycles. The number of pyridine rings is 1. The van der Waals surface area contributed by atoms with Crippen molar-refractivity contribution in [3.05, 3.63) is 35.5 Å². The van der Waals surface area contributed by atoms with Crippen LogP contribution in [0.25, 0.3) is 10.9 Å². The monoisotopic (exact) mass is 261 g/mol. The van der Waals surface area contributed by atoms with Crippen LogP contribution < -0.4 is 10.6 Å². The van der Waals surface area contributed by atoms with E-state index in [1.807, 2.05) is 12.1 Å². The van der Waals surface area contributed by atoms with E-state index >= 15 is 0 Å². The Labute approximate surface area is 109 Å². The van der Waals surface area contributed by atoms with Crippen molar-refractivity contribution in [2.75, 3.05) is 18.4 Å². The molecule has 18 heavy (non-hydrogen) atoms. The topological polar surface area (TPSA) is 54.0 Å². The third-order valence-corrected chi connectivity index (χ3v) is 3.46. The van der Waals surface area contributed by atoms with E-state index in [0.717, 1.165) is 24.0 Å². The molecule has 92 valence electrons. The number of hydrogen-bond donors (Lipinski definition) is 2. The summed E-state index contributed by atoms with van der Waals surface area (Å²) in [7, 11) is 0. The van der Waals surface area contributed by atoms with Crippen molar-refractivity contribution in [3.63, 3.8) is 0 Å². The second-order valence-electron chi connectivity index (χ2n) is 4.34. The van der Waals surface area contributed by atoms with Gasteiger partial charge in [0.2, 0.25) is 5.91 Å². The number of rotatable bonds is 2. The van der Waals surface area contributed by atoms with Gasteiger partial charge in [0.15, 0.2) is 0 Å². The summed E-state index contributed by atoms with van der Waals surface area (Å²) in [6.07, 6.45) is 1.69. The Kier molecular flexibility index (Phi) is 2.89. The maximum absolute atomic E-state index is 11.9. The van der Waals surface area contributed by atoms with Gasteiger partial charge in [-0.3, -0.25) is 9.78 Å². The third-order valence-electron chi connectivity index (χ3n) is 3.13. The van der Waals surface area contributed by atoms with E-state index in [2.05, 4.69) is 15.6 Å². The van der Waals surface area contributed by atoms with Crippen LogP contribution in [0.3, 0.4) is 0 Å². The van der Waals surface area contributed by atoms with Crippen LogP contribution in [0.4, 0.5) is 5.69 Å². The number of aromatic nitrogens is 1. The predicted molar refractivity (Wildman–Crippen MR) is 71.7 cm³/mol. The van der Waals surface area contributed by atoms with Gasteiger partial charge in [-0.25, -0.2) is 0 Å². The fraction of sp³-hybridized carbons (Fsp3) is 0.231. The summed E-state index contributed by atoms with van der Waals surface area (Å²) in [4.78, 5) is 16.2. The molecule has 1 aromatic carbocycles. The van der Waals surface area contributed by atoms with Crippen LogP contribution in [0, 0.1) is 5.92 Å². The lowest BCUT2D eigenvalue weighted by molar-refractivity contribution is -0.121. The van der Waals surface area contributed by atoms with Gasteiger partial charge in [0.05, 0.1) is 22.1 Å². The third kappa shape index (κ3) is 1.94. The summed E-state index contributed by atoms with van der Waals surface area (Å²) in [5.41, 5.74) is 1.44. The van der Waals surface area contributed by atoms with Crippen molar-refractivity contribution in [2.24, 2.45) is 5.92 Å². The molecule has 0 atom stereocenters. The quantitative estimate of drug-likeness (QED) is 0.870. The fourth-order valence-corrected chi connectivity index (χ4v) is 2.16. The Morgan fingerprint density at radius 3 is 2.94 bits per heavy atom. The van der Waals surface area contributed by atoms with Crippen LogP contribution in [-0.4, -0.2) is 24.0 Å². The lowest BCUT2D eigenvalue weighted by atomic mass is 10.0. The SMILES string of the molecule is O=C(Nc1ccc(Cl)c2cccnc12)C1CNC1. The number of nitrogens with zero attached hydrogens (tertiary/aromatic N) is 1. The molecule has 1 fully saturated rings. The molecule has 0 spiro atoms. The molecule has 1 amide bonds. The minimum atomic E-state index is 0.0306. The fourth-order valence-electron chi connectivity index (χ4n) is 1.95. The van der Waals surface area contributed by atoms with Gasteiger partial charge in [-0.15, -0.1) is 0 Å². The highest BCUT2D eigenvalue weighted by Crippen LogP contribution is 2.28. The number of carbonyl (C=O) groups excluding carboxylic acids is 1. The number of anilines is 1.